The largest absolute Gasteiger partial charge is 0.302 e. The summed E-state index contributed by atoms with van der Waals surface area (Å²) in [7, 11) is -2.13. The molecule has 1 aliphatic heterocycles. The maximum absolute atomic E-state index is 12.1. The first-order chi connectivity index (χ1) is 9.08. The summed E-state index contributed by atoms with van der Waals surface area (Å²) in [5.41, 5.74) is 1.08. The van der Waals surface area contributed by atoms with Crippen LogP contribution in [0, 0.1) is 6.92 Å². The van der Waals surface area contributed by atoms with Crippen molar-refractivity contribution in [2.45, 2.75) is 31.1 Å². The van der Waals surface area contributed by atoms with Crippen molar-refractivity contribution in [3.05, 3.63) is 29.8 Å². The van der Waals surface area contributed by atoms with Gasteiger partial charge in [0, 0.05) is 12.3 Å². The minimum absolute atomic E-state index is 0.418. The maximum atomic E-state index is 12.1. The second-order valence-corrected chi connectivity index (χ2v) is 9.04. The van der Waals surface area contributed by atoms with Crippen LogP contribution in [0.5, 0.6) is 0 Å². The molecule has 5 heteroatoms. The van der Waals surface area contributed by atoms with E-state index >= 15 is 0 Å². The number of rotatable bonds is 5. The van der Waals surface area contributed by atoms with E-state index in [4.69, 9.17) is 0 Å². The van der Waals surface area contributed by atoms with Gasteiger partial charge in [0.2, 0.25) is 8.87 Å². The van der Waals surface area contributed by atoms with Crippen molar-refractivity contribution in [3.63, 3.8) is 0 Å². The molecule has 0 spiro atoms. The van der Waals surface area contributed by atoms with Gasteiger partial charge in [0.15, 0.2) is 0 Å². The second kappa shape index (κ2) is 6.77. The van der Waals surface area contributed by atoms with E-state index in [1.54, 1.807) is 12.1 Å². The summed E-state index contributed by atoms with van der Waals surface area (Å²) < 4.78 is 24.3. The molecule has 0 unspecified atom stereocenters. The van der Waals surface area contributed by atoms with Crippen LogP contribution < -0.4 is 0 Å². The van der Waals surface area contributed by atoms with E-state index < -0.39 is 8.87 Å². The van der Waals surface area contributed by atoms with Gasteiger partial charge in [-0.2, -0.15) is 0 Å². The molecule has 3 nitrogen and oxygen atoms in total. The molecule has 0 atom stereocenters. The van der Waals surface area contributed by atoms with Crippen molar-refractivity contribution in [2.75, 3.05) is 25.4 Å². The van der Waals surface area contributed by atoms with E-state index in [2.05, 4.69) is 4.90 Å². The molecule has 1 aliphatic rings. The van der Waals surface area contributed by atoms with Gasteiger partial charge in [-0.25, -0.2) is 8.42 Å². The van der Waals surface area contributed by atoms with Crippen molar-refractivity contribution in [1.29, 1.82) is 0 Å². The highest BCUT2D eigenvalue weighted by Crippen LogP contribution is 2.23. The van der Waals surface area contributed by atoms with Gasteiger partial charge in [0.1, 0.15) is 0 Å². The third-order valence-electron chi connectivity index (χ3n) is 3.40. The van der Waals surface area contributed by atoms with Gasteiger partial charge in [-0.3, -0.25) is 0 Å². The lowest BCUT2D eigenvalue weighted by Gasteiger charge is -2.25. The fourth-order valence-electron chi connectivity index (χ4n) is 2.23. The Kier molecular flexibility index (Phi) is 5.30. The van der Waals surface area contributed by atoms with Crippen LogP contribution in [-0.4, -0.2) is 38.7 Å². The zero-order chi connectivity index (χ0) is 13.7. The molecule has 1 heterocycles. The average molecular weight is 299 g/mol. The van der Waals surface area contributed by atoms with E-state index in [-0.39, 0.29) is 0 Å². The summed E-state index contributed by atoms with van der Waals surface area (Å²) in [5.74, 6) is 0.649. The van der Waals surface area contributed by atoms with E-state index in [0.29, 0.717) is 10.6 Å². The van der Waals surface area contributed by atoms with Gasteiger partial charge in [0.05, 0.1) is 4.90 Å². The summed E-state index contributed by atoms with van der Waals surface area (Å²) in [5, 5.41) is 0. The molecular formula is C14H21NO2S2. The minimum atomic E-state index is -3.19. The highest BCUT2D eigenvalue weighted by molar-refractivity contribution is 8.72. The fraction of sp³-hybridized carbons (Fsp3) is 0.571. The number of aryl methyl sites for hydroxylation is 1. The molecule has 0 aliphatic carbocycles. The standard InChI is InChI=1S/C14H21NO2S2/c1-13-5-7-14(8-6-13)19(16,17)18-12-11-15-9-3-2-4-10-15/h5-8H,2-4,9-12H2,1H3. The molecular weight excluding hydrogens is 278 g/mol. The van der Waals surface area contributed by atoms with Crippen LogP contribution in [0.2, 0.25) is 0 Å². The molecule has 0 amide bonds. The predicted molar refractivity (Wildman–Crippen MR) is 81.1 cm³/mol. The molecule has 1 fully saturated rings. The highest BCUT2D eigenvalue weighted by atomic mass is 33.1. The number of hydrogen-bond acceptors (Lipinski definition) is 4. The first-order valence-electron chi connectivity index (χ1n) is 6.76. The fourth-order valence-corrected chi connectivity index (χ4v) is 5.01. The molecule has 1 aromatic rings. The summed E-state index contributed by atoms with van der Waals surface area (Å²) in [6.45, 7) is 5.06. The van der Waals surface area contributed by atoms with Gasteiger partial charge in [0.25, 0.3) is 0 Å². The molecule has 0 saturated carbocycles. The Hall–Kier alpha value is -0.520. The van der Waals surface area contributed by atoms with E-state index in [0.717, 1.165) is 36.0 Å². The van der Waals surface area contributed by atoms with E-state index in [1.165, 1.54) is 19.3 Å². The van der Waals surface area contributed by atoms with Crippen LogP contribution in [0.1, 0.15) is 24.8 Å². The summed E-state index contributed by atoms with van der Waals surface area (Å²) in [6.07, 6.45) is 3.80. The van der Waals surface area contributed by atoms with E-state index in [9.17, 15) is 8.42 Å². The molecule has 106 valence electrons. The maximum Gasteiger partial charge on any atom is 0.230 e. The zero-order valence-electron chi connectivity index (χ0n) is 11.3. The molecule has 2 rings (SSSR count). The van der Waals surface area contributed by atoms with Crippen LogP contribution in [0.15, 0.2) is 29.2 Å². The summed E-state index contributed by atoms with van der Waals surface area (Å²) in [6, 6.07) is 7.08. The Balaban J connectivity index is 1.85. The number of piperidine rings is 1. The summed E-state index contributed by atoms with van der Waals surface area (Å²) in [4.78, 5) is 2.78. The van der Waals surface area contributed by atoms with Gasteiger partial charge < -0.3 is 4.90 Å². The Bertz CT molecular complexity index is 491. The number of benzene rings is 1. The van der Waals surface area contributed by atoms with Crippen molar-refractivity contribution < 1.29 is 8.42 Å². The van der Waals surface area contributed by atoms with Crippen molar-refractivity contribution in [1.82, 2.24) is 4.90 Å². The lowest BCUT2D eigenvalue weighted by atomic mass is 10.1. The smallest absolute Gasteiger partial charge is 0.230 e. The van der Waals surface area contributed by atoms with Gasteiger partial charge >= 0.3 is 0 Å². The SMILES string of the molecule is Cc1ccc(S(=O)(=O)SCCN2CCCCC2)cc1. The van der Waals surface area contributed by atoms with Crippen LogP contribution in [0.3, 0.4) is 0 Å². The molecule has 1 saturated heterocycles. The molecule has 0 radical (unpaired) electrons. The minimum Gasteiger partial charge on any atom is -0.302 e. The van der Waals surface area contributed by atoms with Crippen LogP contribution in [0.25, 0.3) is 0 Å². The van der Waals surface area contributed by atoms with Crippen molar-refractivity contribution in [3.8, 4) is 0 Å². The molecule has 0 aromatic heterocycles. The quantitative estimate of drug-likeness (QED) is 0.784. The Morgan fingerprint density at radius 1 is 1.11 bits per heavy atom. The van der Waals surface area contributed by atoms with Gasteiger partial charge in [-0.15, -0.1) is 0 Å². The van der Waals surface area contributed by atoms with Gasteiger partial charge in [-0.05, 0) is 55.8 Å². The number of hydrogen-bond donors (Lipinski definition) is 0. The lowest BCUT2D eigenvalue weighted by molar-refractivity contribution is 0.242. The molecule has 0 N–H and O–H groups in total. The molecule has 1 aromatic carbocycles. The second-order valence-electron chi connectivity index (χ2n) is 4.99. The van der Waals surface area contributed by atoms with Crippen molar-refractivity contribution >= 4 is 19.7 Å². The Labute approximate surface area is 119 Å². The monoisotopic (exact) mass is 299 g/mol. The predicted octanol–water partition coefficient (Wildman–Crippen LogP) is 2.90. The topological polar surface area (TPSA) is 37.4 Å². The Morgan fingerprint density at radius 2 is 1.74 bits per heavy atom. The third kappa shape index (κ3) is 4.51. The normalized spacial score (nSPS) is 17.5. The lowest BCUT2D eigenvalue weighted by Crippen LogP contribution is -2.31. The number of nitrogens with zero attached hydrogens (tertiary/aromatic N) is 1. The van der Waals surface area contributed by atoms with Crippen LogP contribution in [0.4, 0.5) is 0 Å². The third-order valence-corrected chi connectivity index (χ3v) is 6.92. The Morgan fingerprint density at radius 3 is 2.37 bits per heavy atom. The van der Waals surface area contributed by atoms with E-state index in [1.807, 2.05) is 19.1 Å². The average Bonchev–Trinajstić information content (AvgIpc) is 2.40. The first kappa shape index (κ1) is 14.9. The molecule has 0 bridgehead atoms. The van der Waals surface area contributed by atoms with Crippen LogP contribution in [-0.2, 0) is 8.87 Å². The zero-order valence-corrected chi connectivity index (χ0v) is 13.0. The van der Waals surface area contributed by atoms with Gasteiger partial charge in [-0.1, -0.05) is 24.1 Å². The number of likely N-dealkylation sites (tertiary alicyclic amines) is 1. The molecule has 19 heavy (non-hydrogen) atoms. The summed E-state index contributed by atoms with van der Waals surface area (Å²) >= 11 is 0. The van der Waals surface area contributed by atoms with Crippen molar-refractivity contribution in [2.24, 2.45) is 0 Å². The first-order valence-corrected chi connectivity index (χ1v) is 9.75. The highest BCUT2D eigenvalue weighted by Gasteiger charge is 2.16. The van der Waals surface area contributed by atoms with Crippen LogP contribution >= 0.6 is 10.8 Å².